The van der Waals surface area contributed by atoms with Gasteiger partial charge in [-0.15, -0.1) is 0 Å². The molecule has 6 rings (SSSR count). The van der Waals surface area contributed by atoms with Crippen molar-refractivity contribution in [3.63, 3.8) is 0 Å². The maximum atomic E-state index is 14.1. The molecule has 1 saturated heterocycles. The van der Waals surface area contributed by atoms with Crippen LogP contribution in [0.4, 0.5) is 17.6 Å². The van der Waals surface area contributed by atoms with Crippen LogP contribution >= 0.6 is 23.2 Å². The zero-order chi connectivity index (χ0) is 29.8. The van der Waals surface area contributed by atoms with Gasteiger partial charge < -0.3 is 14.9 Å². The second kappa shape index (κ2) is 10.5. The molecule has 218 valence electrons. The minimum absolute atomic E-state index is 0.0666. The van der Waals surface area contributed by atoms with Crippen LogP contribution in [-0.2, 0) is 37.5 Å². The number of fused-ring (bicyclic) bond motifs is 2. The summed E-state index contributed by atoms with van der Waals surface area (Å²) in [4.78, 5) is 4.92. The number of nitrogens with zero attached hydrogens (tertiary/aromatic N) is 1. The first kappa shape index (κ1) is 29.7. The van der Waals surface area contributed by atoms with Crippen molar-refractivity contribution in [3.05, 3.63) is 98.3 Å². The minimum Gasteiger partial charge on any atom is -0.374 e. The van der Waals surface area contributed by atoms with Crippen molar-refractivity contribution < 1.29 is 40.1 Å². The minimum atomic E-state index is -4.84. The molecule has 14 heteroatoms. The van der Waals surface area contributed by atoms with Crippen molar-refractivity contribution in [3.8, 4) is 0 Å². The highest BCUT2D eigenvalue weighted by molar-refractivity contribution is 7.85. The van der Waals surface area contributed by atoms with Gasteiger partial charge in [0.15, 0.2) is 5.82 Å². The Kier molecular flexibility index (Phi) is 7.63. The lowest BCUT2D eigenvalue weighted by Crippen LogP contribution is -2.56. The van der Waals surface area contributed by atoms with Gasteiger partial charge in [0.2, 0.25) is 0 Å². The zero-order valence-corrected chi connectivity index (χ0v) is 23.6. The number of aryl methyl sites for hydroxylation is 1. The Balaban J connectivity index is 0.000000259. The number of alkyl halides is 3. The van der Waals surface area contributed by atoms with E-state index >= 15 is 0 Å². The summed E-state index contributed by atoms with van der Waals surface area (Å²) in [6, 6.07) is 13.1. The number of hydrogen-bond donors (Lipinski definition) is 2. The Labute approximate surface area is 242 Å². The predicted molar refractivity (Wildman–Crippen MR) is 143 cm³/mol. The fourth-order valence-electron chi connectivity index (χ4n) is 4.83. The lowest BCUT2D eigenvalue weighted by Gasteiger charge is -2.39. The molecule has 3 aliphatic rings. The van der Waals surface area contributed by atoms with E-state index in [9.17, 15) is 26.0 Å². The van der Waals surface area contributed by atoms with Gasteiger partial charge in [0.05, 0.1) is 27.3 Å². The average Bonchev–Trinajstić information content (AvgIpc) is 3.50. The molecule has 41 heavy (non-hydrogen) atoms. The van der Waals surface area contributed by atoms with Crippen molar-refractivity contribution in [2.24, 2.45) is 5.16 Å². The van der Waals surface area contributed by atoms with Gasteiger partial charge >= 0.3 is 6.18 Å². The van der Waals surface area contributed by atoms with Gasteiger partial charge in [-0.05, 0) is 53.9 Å². The number of ether oxygens (including phenoxy) is 1. The molecule has 7 nitrogen and oxygen atoms in total. The second-order valence-electron chi connectivity index (χ2n) is 9.93. The third kappa shape index (κ3) is 5.44. The first-order valence-electron chi connectivity index (χ1n) is 12.1. The Morgan fingerprint density at radius 2 is 1.66 bits per heavy atom. The smallest absolute Gasteiger partial charge is 0.374 e. The van der Waals surface area contributed by atoms with E-state index in [1.807, 2.05) is 13.0 Å². The third-order valence-corrected chi connectivity index (χ3v) is 8.63. The number of hydrogen-bond acceptors (Lipinski definition) is 6. The van der Waals surface area contributed by atoms with Crippen LogP contribution in [0.5, 0.6) is 0 Å². The van der Waals surface area contributed by atoms with Crippen molar-refractivity contribution in [1.29, 1.82) is 0 Å². The summed E-state index contributed by atoms with van der Waals surface area (Å²) in [5.74, 6) is -0.989. The van der Waals surface area contributed by atoms with Crippen LogP contribution in [0, 0.1) is 12.7 Å². The largest absolute Gasteiger partial charge is 0.435 e. The molecule has 2 N–H and O–H groups in total. The van der Waals surface area contributed by atoms with Crippen LogP contribution in [0.3, 0.4) is 0 Å². The maximum absolute atomic E-state index is 14.1. The molecule has 0 bridgehead atoms. The van der Waals surface area contributed by atoms with Gasteiger partial charge in [-0.2, -0.15) is 21.6 Å². The summed E-state index contributed by atoms with van der Waals surface area (Å²) < 4.78 is 91.6. The Morgan fingerprint density at radius 1 is 1.02 bits per heavy atom. The van der Waals surface area contributed by atoms with Crippen LogP contribution in [0.15, 0.2) is 64.6 Å². The normalized spacial score (nSPS) is 20.9. The number of nitrogens with one attached hydrogen (secondary N) is 1. The van der Waals surface area contributed by atoms with Crippen LogP contribution in [0.1, 0.15) is 34.2 Å². The molecule has 0 amide bonds. The van der Waals surface area contributed by atoms with E-state index in [2.05, 4.69) is 10.5 Å². The number of halogens is 6. The maximum Gasteiger partial charge on any atom is 0.435 e. The number of benzene rings is 3. The SMILES string of the molecule is Cc1ccc(S(=O)(=O)O)cc1.Fc1c(Cl)cc([C@@]2(C(F)(F)F)CC(c3ccc4c(c3)COC43CNC3)=NO2)cc1Cl. The molecule has 3 aromatic rings. The predicted octanol–water partition coefficient (Wildman–Crippen LogP) is 6.29. The summed E-state index contributed by atoms with van der Waals surface area (Å²) in [7, 11) is -4.02. The zero-order valence-electron chi connectivity index (χ0n) is 21.2. The van der Waals surface area contributed by atoms with E-state index in [1.54, 1.807) is 24.3 Å². The molecule has 0 radical (unpaired) electrons. The lowest BCUT2D eigenvalue weighted by molar-refractivity contribution is -0.275. The van der Waals surface area contributed by atoms with E-state index in [0.29, 0.717) is 25.3 Å². The molecule has 1 spiro atoms. The van der Waals surface area contributed by atoms with Crippen molar-refractivity contribution in [1.82, 2.24) is 5.32 Å². The summed E-state index contributed by atoms with van der Waals surface area (Å²) >= 11 is 11.5. The first-order valence-corrected chi connectivity index (χ1v) is 14.3. The van der Waals surface area contributed by atoms with Crippen molar-refractivity contribution in [2.45, 2.75) is 42.2 Å². The molecule has 3 aromatic carbocycles. The van der Waals surface area contributed by atoms with E-state index in [0.717, 1.165) is 28.8 Å². The summed E-state index contributed by atoms with van der Waals surface area (Å²) in [6.45, 7) is 3.62. The highest BCUT2D eigenvalue weighted by Crippen LogP contribution is 2.50. The first-order chi connectivity index (χ1) is 19.2. The van der Waals surface area contributed by atoms with Gasteiger partial charge in [-0.25, -0.2) is 4.39 Å². The molecule has 0 aliphatic carbocycles. The van der Waals surface area contributed by atoms with Gasteiger partial charge in [-0.3, -0.25) is 4.55 Å². The lowest BCUT2D eigenvalue weighted by atomic mass is 9.84. The van der Waals surface area contributed by atoms with Gasteiger partial charge in [0, 0.05) is 25.1 Å². The van der Waals surface area contributed by atoms with Crippen LogP contribution < -0.4 is 5.32 Å². The van der Waals surface area contributed by atoms with E-state index in [1.165, 1.54) is 12.1 Å². The Hall–Kier alpha value is -2.74. The number of oxime groups is 1. The van der Waals surface area contributed by atoms with Crippen LogP contribution in [0.2, 0.25) is 10.0 Å². The molecular formula is C27H22Cl2F4N2O5S. The monoisotopic (exact) mass is 632 g/mol. The Morgan fingerprint density at radius 3 is 2.20 bits per heavy atom. The van der Waals surface area contributed by atoms with E-state index < -0.39 is 49.7 Å². The molecule has 1 atom stereocenters. The van der Waals surface area contributed by atoms with Gasteiger partial charge in [0.1, 0.15) is 5.60 Å². The fourth-order valence-corrected chi connectivity index (χ4v) is 5.80. The molecular weight excluding hydrogens is 611 g/mol. The highest BCUT2D eigenvalue weighted by atomic mass is 35.5. The highest BCUT2D eigenvalue weighted by Gasteiger charge is 2.62. The quantitative estimate of drug-likeness (QED) is 0.200. The molecule has 3 heterocycles. The second-order valence-corrected chi connectivity index (χ2v) is 12.2. The van der Waals surface area contributed by atoms with Crippen LogP contribution in [0.25, 0.3) is 0 Å². The molecule has 0 aromatic heterocycles. The summed E-state index contributed by atoms with van der Waals surface area (Å²) in [5.41, 5.74) is -0.0345. The van der Waals surface area contributed by atoms with E-state index in [-0.39, 0.29) is 16.2 Å². The van der Waals surface area contributed by atoms with Crippen molar-refractivity contribution in [2.75, 3.05) is 13.1 Å². The topological polar surface area (TPSA) is 97.2 Å². The fraction of sp³-hybridized carbons (Fsp3) is 0.296. The van der Waals surface area contributed by atoms with Gasteiger partial charge in [-0.1, -0.05) is 58.2 Å². The van der Waals surface area contributed by atoms with Gasteiger partial charge in [0.25, 0.3) is 15.7 Å². The summed E-state index contributed by atoms with van der Waals surface area (Å²) in [6.07, 6.45) is -5.44. The summed E-state index contributed by atoms with van der Waals surface area (Å²) in [5, 5.41) is 5.87. The molecule has 3 aliphatic heterocycles. The van der Waals surface area contributed by atoms with Crippen LogP contribution in [-0.4, -0.2) is 37.9 Å². The molecule has 0 unspecified atom stereocenters. The average molecular weight is 633 g/mol. The number of rotatable bonds is 3. The van der Waals surface area contributed by atoms with Crippen molar-refractivity contribution >= 4 is 39.0 Å². The third-order valence-electron chi connectivity index (χ3n) is 7.21. The molecule has 0 saturated carbocycles. The molecule has 1 fully saturated rings. The standard InChI is InChI=1S/C20H14Cl2F4N2O2.C7H8O3S/c21-14-4-12(5-15(22)17(14)23)19(20(24,25)26)6-16(28-30-19)10-1-2-13-11(3-10)7-29-18(13)8-27-9-18;1-6-2-4-7(5-3-6)11(8,9)10/h1-5,27H,6-9H2;2-5H,1H3,(H,8,9,10)/t19-;/m1./s1. The van der Waals surface area contributed by atoms with E-state index in [4.69, 9.17) is 37.3 Å². The Bertz CT molecular complexity index is 1620.